The fourth-order valence-electron chi connectivity index (χ4n) is 0.136. The second-order valence-corrected chi connectivity index (χ2v) is 1.81. The Labute approximate surface area is 90.2 Å². The van der Waals surface area contributed by atoms with E-state index in [0.717, 1.165) is 0 Å². The van der Waals surface area contributed by atoms with E-state index in [-0.39, 0.29) is 5.11 Å². The lowest BCUT2D eigenvalue weighted by atomic mass is 11.1. The van der Waals surface area contributed by atoms with E-state index in [2.05, 4.69) is 59.5 Å². The summed E-state index contributed by atoms with van der Waals surface area (Å²) < 4.78 is 8.72. The average molecular weight is 216 g/mol. The first kappa shape index (κ1) is 18.1. The molecule has 0 aliphatic carbocycles. The van der Waals surface area contributed by atoms with Gasteiger partial charge in [0, 0.05) is 0 Å². The van der Waals surface area contributed by atoms with E-state index >= 15 is 0 Å². The highest BCUT2D eigenvalue weighted by atomic mass is 32.1. The van der Waals surface area contributed by atoms with Gasteiger partial charge in [-0.25, -0.2) is 0 Å². The molecule has 0 saturated carbocycles. The summed E-state index contributed by atoms with van der Waals surface area (Å²) in [7, 11) is 0. The minimum absolute atomic E-state index is 0.000000000000000222. The number of rotatable bonds is 4. The molecule has 0 saturated heterocycles. The lowest BCUT2D eigenvalue weighted by molar-refractivity contribution is 0.406. The highest BCUT2D eigenvalue weighted by Gasteiger charge is 1.53. The highest BCUT2D eigenvalue weighted by molar-refractivity contribution is 7.80. The molecule has 14 heavy (non-hydrogen) atoms. The Balaban J connectivity index is -0.000000131. The van der Waals surface area contributed by atoms with E-state index in [4.69, 9.17) is 0 Å². The van der Waals surface area contributed by atoms with Crippen molar-refractivity contribution in [2.45, 2.75) is 0 Å². The second kappa shape index (κ2) is 22.5. The molecule has 4 nitrogen and oxygen atoms in total. The molecule has 0 aromatic rings. The first-order valence-corrected chi connectivity index (χ1v) is 3.77. The van der Waals surface area contributed by atoms with Crippen molar-refractivity contribution in [1.82, 2.24) is 0 Å². The molecule has 0 aliphatic rings. The minimum Gasteiger partial charge on any atom is -0.474 e. The number of thiocarbonyl (C=S) groups is 1. The average Bonchev–Trinajstić information content (AvgIpc) is 2.07. The summed E-state index contributed by atoms with van der Waals surface area (Å²) in [6.45, 7) is 13.0. The molecule has 0 aromatic heterocycles. The number of hydrogen-bond acceptors (Lipinski definition) is 3. The normalized spacial score (nSPS) is 5.71. The van der Waals surface area contributed by atoms with E-state index in [1.54, 1.807) is 0 Å². The Hall–Kier alpha value is -1.75. The van der Waals surface area contributed by atoms with Crippen LogP contribution >= 0.6 is 12.2 Å². The van der Waals surface area contributed by atoms with Gasteiger partial charge in [-0.1, -0.05) is 26.3 Å². The molecule has 5 heteroatoms. The van der Waals surface area contributed by atoms with Gasteiger partial charge in [-0.3, -0.25) is 0 Å². The van der Waals surface area contributed by atoms with Crippen LogP contribution < -0.4 is 11.5 Å². The maximum absolute atomic E-state index is 4.62. The number of nitrogens with two attached hydrogens (primary N) is 2. The summed E-state index contributed by atoms with van der Waals surface area (Å²) in [5.41, 5.74) is 9.24. The van der Waals surface area contributed by atoms with Gasteiger partial charge in [-0.2, -0.15) is 0 Å². The van der Waals surface area contributed by atoms with Crippen LogP contribution in [0, 0.1) is 0 Å². The Bertz CT molecular complexity index is 152. The van der Waals surface area contributed by atoms with Crippen molar-refractivity contribution in [2.24, 2.45) is 11.5 Å². The smallest absolute Gasteiger partial charge is 0.160 e. The van der Waals surface area contributed by atoms with Gasteiger partial charge < -0.3 is 20.9 Å². The third-order valence-electron chi connectivity index (χ3n) is 0.385. The third kappa shape index (κ3) is 173. The van der Waals surface area contributed by atoms with E-state index in [0.29, 0.717) is 0 Å². The quantitative estimate of drug-likeness (QED) is 0.553. The van der Waals surface area contributed by atoms with E-state index < -0.39 is 0 Å². The zero-order valence-corrected chi connectivity index (χ0v) is 8.83. The third-order valence-corrected chi connectivity index (χ3v) is 0.385. The van der Waals surface area contributed by atoms with Crippen molar-refractivity contribution in [3.8, 4) is 0 Å². The second-order valence-electron chi connectivity index (χ2n) is 1.34. The molecule has 0 aliphatic heterocycles. The molecule has 0 amide bonds. The molecular weight excluding hydrogens is 200 g/mol. The Morgan fingerprint density at radius 1 is 0.857 bits per heavy atom. The van der Waals surface area contributed by atoms with Gasteiger partial charge in [0.2, 0.25) is 0 Å². The maximum Gasteiger partial charge on any atom is 0.160 e. The molecular formula is C9H16N2O2S. The summed E-state index contributed by atoms with van der Waals surface area (Å²) in [4.78, 5) is 0. The van der Waals surface area contributed by atoms with Crippen molar-refractivity contribution < 1.29 is 9.47 Å². The first-order valence-electron chi connectivity index (χ1n) is 3.36. The SMILES string of the molecule is C=COC=C.C=COC=C.NC(N)=S. The molecule has 80 valence electrons. The Morgan fingerprint density at radius 3 is 1.00 bits per heavy atom. The van der Waals surface area contributed by atoms with Crippen LogP contribution in [0.15, 0.2) is 51.4 Å². The summed E-state index contributed by atoms with van der Waals surface area (Å²) in [6, 6.07) is 0. The summed E-state index contributed by atoms with van der Waals surface area (Å²) in [5.74, 6) is 0. The fourth-order valence-corrected chi connectivity index (χ4v) is 0.136. The fraction of sp³-hybridized carbons (Fsp3) is 0. The first-order chi connectivity index (χ1) is 6.56. The maximum atomic E-state index is 4.62. The van der Waals surface area contributed by atoms with Crippen molar-refractivity contribution in [2.75, 3.05) is 0 Å². The van der Waals surface area contributed by atoms with Gasteiger partial charge in [-0.05, 0) is 12.2 Å². The monoisotopic (exact) mass is 216 g/mol. The Kier molecular flexibility index (Phi) is 29.1. The summed E-state index contributed by atoms with van der Waals surface area (Å²) >= 11 is 4.09. The molecule has 0 atom stereocenters. The summed E-state index contributed by atoms with van der Waals surface area (Å²) in [5, 5.41) is 0.000000000000000222. The van der Waals surface area contributed by atoms with Crippen LogP contribution in [-0.4, -0.2) is 5.11 Å². The van der Waals surface area contributed by atoms with Crippen LogP contribution in [-0.2, 0) is 9.47 Å². The van der Waals surface area contributed by atoms with Crippen LogP contribution in [0.25, 0.3) is 0 Å². The van der Waals surface area contributed by atoms with Gasteiger partial charge in [0.1, 0.15) is 0 Å². The van der Waals surface area contributed by atoms with Crippen molar-refractivity contribution in [3.63, 3.8) is 0 Å². The minimum atomic E-state index is 0.000000000000000222. The van der Waals surface area contributed by atoms with E-state index in [1.807, 2.05) is 0 Å². The molecule has 0 rings (SSSR count). The van der Waals surface area contributed by atoms with Crippen LogP contribution in [0.1, 0.15) is 0 Å². The van der Waals surface area contributed by atoms with Gasteiger partial charge in [0.05, 0.1) is 25.0 Å². The lowest BCUT2D eigenvalue weighted by Gasteiger charge is -1.76. The summed E-state index contributed by atoms with van der Waals surface area (Å²) in [6.07, 6.45) is 5.25. The number of ether oxygens (including phenoxy) is 2. The molecule has 0 fully saturated rings. The molecule has 0 bridgehead atoms. The van der Waals surface area contributed by atoms with Crippen molar-refractivity contribution >= 4 is 17.3 Å². The van der Waals surface area contributed by atoms with Gasteiger partial charge in [-0.15, -0.1) is 0 Å². The topological polar surface area (TPSA) is 70.5 Å². The van der Waals surface area contributed by atoms with Crippen LogP contribution in [0.2, 0.25) is 0 Å². The highest BCUT2D eigenvalue weighted by Crippen LogP contribution is 1.66. The van der Waals surface area contributed by atoms with Crippen molar-refractivity contribution in [1.29, 1.82) is 0 Å². The van der Waals surface area contributed by atoms with Gasteiger partial charge in [0.15, 0.2) is 5.11 Å². The molecule has 0 unspecified atom stereocenters. The predicted octanol–water partition coefficient (Wildman–Crippen LogP) is 1.77. The number of hydrogen-bond donors (Lipinski definition) is 2. The zero-order valence-electron chi connectivity index (χ0n) is 8.02. The zero-order chi connectivity index (χ0) is 11.8. The molecule has 4 N–H and O–H groups in total. The molecule has 0 aromatic carbocycles. The van der Waals surface area contributed by atoms with E-state index in [1.165, 1.54) is 25.0 Å². The lowest BCUT2D eigenvalue weighted by Crippen LogP contribution is -2.18. The van der Waals surface area contributed by atoms with Crippen molar-refractivity contribution in [3.05, 3.63) is 51.4 Å². The largest absolute Gasteiger partial charge is 0.474 e. The van der Waals surface area contributed by atoms with E-state index in [9.17, 15) is 0 Å². The molecule has 0 spiro atoms. The predicted molar refractivity (Wildman–Crippen MR) is 63.9 cm³/mol. The molecule has 0 heterocycles. The Morgan fingerprint density at radius 2 is 1.00 bits per heavy atom. The van der Waals surface area contributed by atoms with Crippen LogP contribution in [0.5, 0.6) is 0 Å². The van der Waals surface area contributed by atoms with Gasteiger partial charge in [0.25, 0.3) is 0 Å². The van der Waals surface area contributed by atoms with Crippen LogP contribution in [0.4, 0.5) is 0 Å². The molecule has 0 radical (unpaired) electrons. The standard InChI is InChI=1S/2C4H6O.CH4N2S/c2*1-3-5-4-2;2-1(3)4/h2*3-4H,1-2H2;(H4,2,3,4). The van der Waals surface area contributed by atoms with Gasteiger partial charge >= 0.3 is 0 Å². The van der Waals surface area contributed by atoms with Crippen LogP contribution in [0.3, 0.4) is 0 Å².